The van der Waals surface area contributed by atoms with Crippen molar-refractivity contribution in [1.29, 1.82) is 0 Å². The van der Waals surface area contributed by atoms with Crippen LogP contribution >= 0.6 is 0 Å². The zero-order valence-corrected chi connectivity index (χ0v) is 12.2. The van der Waals surface area contributed by atoms with E-state index in [0.717, 1.165) is 37.6 Å². The summed E-state index contributed by atoms with van der Waals surface area (Å²) in [6.45, 7) is 9.73. The molecule has 0 spiro atoms. The van der Waals surface area contributed by atoms with Crippen molar-refractivity contribution in [3.8, 4) is 12.3 Å². The largest absolute Gasteiger partial charge is 0.344 e. The van der Waals surface area contributed by atoms with Crippen molar-refractivity contribution in [3.05, 3.63) is 18.1 Å². The molecule has 4 nitrogen and oxygen atoms in total. The summed E-state index contributed by atoms with van der Waals surface area (Å²) in [7, 11) is 0. The first-order valence-corrected chi connectivity index (χ1v) is 6.87. The van der Waals surface area contributed by atoms with Gasteiger partial charge in [0, 0.05) is 13.1 Å². The number of terminal acetylenes is 1. The average Bonchev–Trinajstić information content (AvgIpc) is 2.39. The van der Waals surface area contributed by atoms with Crippen LogP contribution in [0.1, 0.15) is 32.9 Å². The van der Waals surface area contributed by atoms with Crippen LogP contribution in [-0.2, 0) is 6.54 Å². The number of hydrogen-bond acceptors (Lipinski definition) is 4. The molecule has 0 amide bonds. The SMILES string of the molecule is C#CCN(CCC)c1cnc(CNCC(C)C)cn1. The summed E-state index contributed by atoms with van der Waals surface area (Å²) in [6, 6.07) is 0. The van der Waals surface area contributed by atoms with Crippen LogP contribution in [0.4, 0.5) is 5.82 Å². The molecular weight excluding hydrogens is 236 g/mol. The minimum atomic E-state index is 0.577. The zero-order valence-electron chi connectivity index (χ0n) is 12.2. The molecule has 1 heterocycles. The maximum Gasteiger partial charge on any atom is 0.147 e. The van der Waals surface area contributed by atoms with Crippen molar-refractivity contribution in [2.24, 2.45) is 5.92 Å². The van der Waals surface area contributed by atoms with Gasteiger partial charge in [-0.1, -0.05) is 26.7 Å². The van der Waals surface area contributed by atoms with E-state index in [4.69, 9.17) is 6.42 Å². The second kappa shape index (κ2) is 8.49. The zero-order chi connectivity index (χ0) is 14.1. The number of nitrogens with one attached hydrogen (secondary N) is 1. The Morgan fingerprint density at radius 1 is 1.37 bits per heavy atom. The molecule has 0 aliphatic carbocycles. The van der Waals surface area contributed by atoms with Crippen LogP contribution in [0.5, 0.6) is 0 Å². The molecule has 0 saturated heterocycles. The second-order valence-corrected chi connectivity index (χ2v) is 5.02. The molecule has 0 saturated carbocycles. The Bertz CT molecular complexity index is 392. The molecule has 0 unspecified atom stereocenters. The van der Waals surface area contributed by atoms with Crippen molar-refractivity contribution < 1.29 is 0 Å². The van der Waals surface area contributed by atoms with Gasteiger partial charge in [-0.25, -0.2) is 4.98 Å². The van der Waals surface area contributed by atoms with Gasteiger partial charge >= 0.3 is 0 Å². The van der Waals surface area contributed by atoms with E-state index in [0.29, 0.717) is 12.5 Å². The van der Waals surface area contributed by atoms with Crippen LogP contribution in [0.3, 0.4) is 0 Å². The predicted octanol–water partition coefficient (Wildman–Crippen LogP) is 2.07. The lowest BCUT2D eigenvalue weighted by Crippen LogP contribution is -2.26. The molecule has 0 fully saturated rings. The van der Waals surface area contributed by atoms with Crippen molar-refractivity contribution in [2.45, 2.75) is 33.7 Å². The summed E-state index contributed by atoms with van der Waals surface area (Å²) in [5.74, 6) is 4.15. The van der Waals surface area contributed by atoms with E-state index in [1.54, 1.807) is 6.20 Å². The molecule has 0 atom stereocenters. The van der Waals surface area contributed by atoms with Gasteiger partial charge in [0.15, 0.2) is 0 Å². The highest BCUT2D eigenvalue weighted by atomic mass is 15.2. The molecule has 4 heteroatoms. The second-order valence-electron chi connectivity index (χ2n) is 5.02. The molecule has 0 aromatic carbocycles. The minimum absolute atomic E-state index is 0.577. The smallest absolute Gasteiger partial charge is 0.147 e. The van der Waals surface area contributed by atoms with E-state index in [1.807, 2.05) is 6.20 Å². The molecule has 1 aromatic heterocycles. The third-order valence-corrected chi connectivity index (χ3v) is 2.65. The minimum Gasteiger partial charge on any atom is -0.344 e. The van der Waals surface area contributed by atoms with E-state index in [9.17, 15) is 0 Å². The number of anilines is 1. The molecular formula is C15H24N4. The van der Waals surface area contributed by atoms with E-state index in [1.165, 1.54) is 0 Å². The van der Waals surface area contributed by atoms with Crippen molar-refractivity contribution in [3.63, 3.8) is 0 Å². The first-order valence-electron chi connectivity index (χ1n) is 6.87. The molecule has 0 aliphatic heterocycles. The predicted molar refractivity (Wildman–Crippen MR) is 79.9 cm³/mol. The summed E-state index contributed by atoms with van der Waals surface area (Å²) < 4.78 is 0. The van der Waals surface area contributed by atoms with Crippen molar-refractivity contribution in [1.82, 2.24) is 15.3 Å². The van der Waals surface area contributed by atoms with Crippen molar-refractivity contribution in [2.75, 3.05) is 24.5 Å². The molecule has 1 rings (SSSR count). The average molecular weight is 260 g/mol. The van der Waals surface area contributed by atoms with Crippen LogP contribution in [0.25, 0.3) is 0 Å². The lowest BCUT2D eigenvalue weighted by atomic mass is 10.2. The van der Waals surface area contributed by atoms with E-state index in [-0.39, 0.29) is 0 Å². The Hall–Kier alpha value is -1.60. The molecule has 19 heavy (non-hydrogen) atoms. The lowest BCUT2D eigenvalue weighted by molar-refractivity contribution is 0.547. The fraction of sp³-hybridized carbons (Fsp3) is 0.600. The summed E-state index contributed by atoms with van der Waals surface area (Å²) in [5.41, 5.74) is 0.960. The maximum atomic E-state index is 5.37. The number of nitrogens with zero attached hydrogens (tertiary/aromatic N) is 3. The number of aromatic nitrogens is 2. The van der Waals surface area contributed by atoms with Crippen LogP contribution < -0.4 is 10.2 Å². The molecule has 0 radical (unpaired) electrons. The van der Waals surface area contributed by atoms with Crippen LogP contribution in [-0.4, -0.2) is 29.6 Å². The first-order chi connectivity index (χ1) is 9.17. The van der Waals surface area contributed by atoms with Crippen LogP contribution in [0, 0.1) is 18.3 Å². The van der Waals surface area contributed by atoms with Gasteiger partial charge < -0.3 is 10.2 Å². The molecule has 0 bridgehead atoms. The standard InChI is InChI=1S/C15H24N4/c1-5-7-19(8-6-2)15-12-17-14(11-18-15)10-16-9-13(3)4/h1,11-13,16H,6-10H2,2-4H3. The third-order valence-electron chi connectivity index (χ3n) is 2.65. The van der Waals surface area contributed by atoms with Gasteiger partial charge in [-0.3, -0.25) is 4.98 Å². The van der Waals surface area contributed by atoms with Gasteiger partial charge in [-0.05, 0) is 18.9 Å². The maximum absolute atomic E-state index is 5.37. The van der Waals surface area contributed by atoms with Gasteiger partial charge in [0.25, 0.3) is 0 Å². The Balaban J connectivity index is 2.56. The highest BCUT2D eigenvalue weighted by Crippen LogP contribution is 2.09. The topological polar surface area (TPSA) is 41.1 Å². The van der Waals surface area contributed by atoms with Crippen LogP contribution in [0.15, 0.2) is 12.4 Å². The lowest BCUT2D eigenvalue weighted by Gasteiger charge is -2.20. The molecule has 0 aliphatic rings. The van der Waals surface area contributed by atoms with Crippen LogP contribution in [0.2, 0.25) is 0 Å². The van der Waals surface area contributed by atoms with E-state index < -0.39 is 0 Å². The number of hydrogen-bond donors (Lipinski definition) is 1. The summed E-state index contributed by atoms with van der Waals surface area (Å²) in [4.78, 5) is 10.9. The van der Waals surface area contributed by atoms with Gasteiger partial charge in [0.1, 0.15) is 5.82 Å². The Kier molecular flexibility index (Phi) is 6.91. The van der Waals surface area contributed by atoms with Gasteiger partial charge in [0.05, 0.1) is 24.6 Å². The normalized spacial score (nSPS) is 10.5. The summed E-state index contributed by atoms with van der Waals surface area (Å²) in [6.07, 6.45) is 10.0. The summed E-state index contributed by atoms with van der Waals surface area (Å²) in [5, 5.41) is 3.35. The molecule has 1 aromatic rings. The monoisotopic (exact) mass is 260 g/mol. The Morgan fingerprint density at radius 2 is 2.16 bits per heavy atom. The fourth-order valence-corrected chi connectivity index (χ4v) is 1.75. The highest BCUT2D eigenvalue weighted by Gasteiger charge is 2.06. The molecule has 1 N–H and O–H groups in total. The quantitative estimate of drug-likeness (QED) is 0.727. The van der Waals surface area contributed by atoms with Gasteiger partial charge in [0.2, 0.25) is 0 Å². The fourth-order valence-electron chi connectivity index (χ4n) is 1.75. The first kappa shape index (κ1) is 15.5. The van der Waals surface area contributed by atoms with Crippen molar-refractivity contribution >= 4 is 5.82 Å². The van der Waals surface area contributed by atoms with E-state index in [2.05, 4.69) is 46.9 Å². The highest BCUT2D eigenvalue weighted by molar-refractivity contribution is 5.37. The summed E-state index contributed by atoms with van der Waals surface area (Å²) >= 11 is 0. The Labute approximate surface area is 116 Å². The van der Waals surface area contributed by atoms with E-state index >= 15 is 0 Å². The third kappa shape index (κ3) is 5.71. The van der Waals surface area contributed by atoms with Gasteiger partial charge in [-0.15, -0.1) is 6.42 Å². The number of rotatable bonds is 8. The molecule has 104 valence electrons. The Morgan fingerprint density at radius 3 is 2.68 bits per heavy atom. The van der Waals surface area contributed by atoms with Gasteiger partial charge in [-0.2, -0.15) is 0 Å².